The number of hydrogen-bond acceptors (Lipinski definition) is 2. The zero-order chi connectivity index (χ0) is 39.1. The molecule has 0 aliphatic heterocycles. The topological polar surface area (TPSA) is 35.6 Å². The summed E-state index contributed by atoms with van der Waals surface area (Å²) in [6.45, 7) is 0. The fourth-order valence-corrected chi connectivity index (χ4v) is 10.4. The number of nitrogens with zero attached hydrogens (tertiary/aromatic N) is 4. The Balaban J connectivity index is 1.05. The van der Waals surface area contributed by atoms with Crippen LogP contribution in [0.5, 0.6) is 0 Å². The van der Waals surface area contributed by atoms with Crippen LogP contribution in [-0.2, 0) is 0 Å². The highest BCUT2D eigenvalue weighted by atomic mass is 15.1. The van der Waals surface area contributed by atoms with Crippen LogP contribution in [0.3, 0.4) is 0 Å². The van der Waals surface area contributed by atoms with Crippen molar-refractivity contribution < 1.29 is 0 Å². The van der Waals surface area contributed by atoms with Crippen LogP contribution in [0.2, 0.25) is 0 Å². The fourth-order valence-electron chi connectivity index (χ4n) is 10.4. The Morgan fingerprint density at radius 1 is 0.300 bits per heavy atom. The van der Waals surface area contributed by atoms with Crippen molar-refractivity contribution in [1.82, 2.24) is 19.1 Å². The predicted molar refractivity (Wildman–Crippen MR) is 251 cm³/mol. The van der Waals surface area contributed by atoms with Crippen molar-refractivity contribution in [1.29, 1.82) is 0 Å². The van der Waals surface area contributed by atoms with Crippen LogP contribution in [-0.4, -0.2) is 19.1 Å². The van der Waals surface area contributed by atoms with Crippen LogP contribution in [0.1, 0.15) is 0 Å². The van der Waals surface area contributed by atoms with Crippen LogP contribution in [0, 0.1) is 0 Å². The molecule has 0 N–H and O–H groups in total. The summed E-state index contributed by atoms with van der Waals surface area (Å²) in [5.41, 5.74) is 14.5. The van der Waals surface area contributed by atoms with Gasteiger partial charge in [-0.05, 0) is 109 Å². The molecule has 1 aliphatic carbocycles. The molecule has 276 valence electrons. The summed E-state index contributed by atoms with van der Waals surface area (Å²) in [4.78, 5) is 11.0. The van der Waals surface area contributed by atoms with Gasteiger partial charge in [0.25, 0.3) is 0 Å². The number of benzene rings is 10. The molecule has 0 unspecified atom stereocenters. The molecule has 0 fully saturated rings. The summed E-state index contributed by atoms with van der Waals surface area (Å²) in [5.74, 6) is 0.820. The van der Waals surface area contributed by atoms with Crippen molar-refractivity contribution in [2.45, 2.75) is 0 Å². The summed E-state index contributed by atoms with van der Waals surface area (Å²) < 4.78 is 4.78. The van der Waals surface area contributed by atoms with Gasteiger partial charge in [-0.15, -0.1) is 0 Å². The Bertz CT molecular complexity index is 3990. The standard InChI is InChI=1S/C56H32N4/c1-2-13-37-33(12-1)25-29-51-54(37)45-17-6-10-23-50(45)59(51)36-26-24-34-31-46-40-16-5-9-22-49(40)60(52(46)32-35(34)30-36)56-55(57-47-20-7-8-21-48(47)58-56)44-28-27-43-39-15-4-3-14-38(39)41-18-11-19-42(44)53(41)43/h1-32H. The smallest absolute Gasteiger partial charge is 0.165 e. The van der Waals surface area contributed by atoms with E-state index in [-0.39, 0.29) is 0 Å². The van der Waals surface area contributed by atoms with Gasteiger partial charge in [0.1, 0.15) is 5.69 Å². The molecule has 3 aromatic heterocycles. The Morgan fingerprint density at radius 3 is 1.78 bits per heavy atom. The molecule has 0 saturated carbocycles. The number of hydrogen-bond donors (Lipinski definition) is 0. The van der Waals surface area contributed by atoms with Gasteiger partial charge in [0.2, 0.25) is 0 Å². The summed E-state index contributed by atoms with van der Waals surface area (Å²) in [5, 5.41) is 12.2. The van der Waals surface area contributed by atoms with Crippen molar-refractivity contribution in [3.63, 3.8) is 0 Å². The highest BCUT2D eigenvalue weighted by Crippen LogP contribution is 2.50. The first-order chi connectivity index (χ1) is 29.8. The van der Waals surface area contributed by atoms with Crippen LogP contribution < -0.4 is 0 Å². The largest absolute Gasteiger partial charge is 0.309 e. The van der Waals surface area contributed by atoms with E-state index in [0.29, 0.717) is 0 Å². The molecule has 13 aromatic rings. The quantitative estimate of drug-likeness (QED) is 0.180. The van der Waals surface area contributed by atoms with Crippen LogP contribution in [0.25, 0.3) is 132 Å². The lowest BCUT2D eigenvalue weighted by Gasteiger charge is -2.16. The van der Waals surface area contributed by atoms with Crippen LogP contribution in [0.15, 0.2) is 194 Å². The van der Waals surface area contributed by atoms with Gasteiger partial charge < -0.3 is 4.57 Å². The van der Waals surface area contributed by atoms with Crippen molar-refractivity contribution >= 4 is 87.0 Å². The molecule has 1 aliphatic rings. The lowest BCUT2D eigenvalue weighted by atomic mass is 9.96. The Hall–Kier alpha value is -8.08. The van der Waals surface area contributed by atoms with Crippen LogP contribution in [0.4, 0.5) is 0 Å². The van der Waals surface area contributed by atoms with E-state index in [2.05, 4.69) is 203 Å². The maximum Gasteiger partial charge on any atom is 0.165 e. The molecule has 14 rings (SSSR count). The van der Waals surface area contributed by atoms with Gasteiger partial charge in [-0.25, -0.2) is 9.97 Å². The molecular weight excluding hydrogens is 729 g/mol. The first-order valence-corrected chi connectivity index (χ1v) is 20.6. The average molecular weight is 761 g/mol. The van der Waals surface area contributed by atoms with Gasteiger partial charge in [-0.2, -0.15) is 0 Å². The molecule has 0 amide bonds. The second-order valence-corrected chi connectivity index (χ2v) is 16.1. The summed E-state index contributed by atoms with van der Waals surface area (Å²) in [7, 11) is 0. The zero-order valence-corrected chi connectivity index (χ0v) is 32.3. The van der Waals surface area contributed by atoms with Crippen molar-refractivity contribution in [2.75, 3.05) is 0 Å². The Morgan fingerprint density at radius 2 is 0.933 bits per heavy atom. The molecule has 0 saturated heterocycles. The number of aromatic nitrogens is 4. The first kappa shape index (κ1) is 31.9. The van der Waals surface area contributed by atoms with Crippen molar-refractivity contribution in [3.8, 4) is 45.0 Å². The van der Waals surface area contributed by atoms with Crippen LogP contribution >= 0.6 is 0 Å². The highest BCUT2D eigenvalue weighted by molar-refractivity contribution is 6.22. The first-order valence-electron chi connectivity index (χ1n) is 20.6. The SMILES string of the molecule is c1ccc2c(c1)-c1cccc3c(-c4nc5ccccc5nc4-n4c5ccccc5c5cc6ccc(-n7c8ccccc8c8c9ccccc9ccc87)cc6cc54)ccc-2c13. The van der Waals surface area contributed by atoms with E-state index in [4.69, 9.17) is 9.97 Å². The summed E-state index contributed by atoms with van der Waals surface area (Å²) in [6, 6.07) is 70.6. The van der Waals surface area contributed by atoms with E-state index in [1.807, 2.05) is 0 Å². The van der Waals surface area contributed by atoms with E-state index in [1.54, 1.807) is 0 Å². The third-order valence-corrected chi connectivity index (χ3v) is 13.0. The van der Waals surface area contributed by atoms with E-state index in [1.165, 1.54) is 81.8 Å². The highest BCUT2D eigenvalue weighted by Gasteiger charge is 2.26. The summed E-state index contributed by atoms with van der Waals surface area (Å²) in [6.07, 6.45) is 0. The minimum absolute atomic E-state index is 0.820. The minimum Gasteiger partial charge on any atom is -0.309 e. The Labute approximate surface area is 343 Å². The number of fused-ring (bicyclic) bond motifs is 13. The molecule has 0 atom stereocenters. The van der Waals surface area contributed by atoms with E-state index in [0.717, 1.165) is 50.2 Å². The fraction of sp³-hybridized carbons (Fsp3) is 0. The third kappa shape index (κ3) is 4.24. The zero-order valence-electron chi connectivity index (χ0n) is 32.3. The molecule has 60 heavy (non-hydrogen) atoms. The van der Waals surface area contributed by atoms with E-state index >= 15 is 0 Å². The number of para-hydroxylation sites is 4. The predicted octanol–water partition coefficient (Wildman–Crippen LogP) is 14.6. The van der Waals surface area contributed by atoms with Gasteiger partial charge in [0, 0.05) is 32.8 Å². The van der Waals surface area contributed by atoms with Gasteiger partial charge in [-0.1, -0.05) is 140 Å². The molecule has 4 nitrogen and oxygen atoms in total. The second-order valence-electron chi connectivity index (χ2n) is 16.1. The average Bonchev–Trinajstić information content (AvgIpc) is 3.94. The van der Waals surface area contributed by atoms with Gasteiger partial charge in [-0.3, -0.25) is 4.57 Å². The second kappa shape index (κ2) is 11.8. The molecule has 0 radical (unpaired) electrons. The van der Waals surface area contributed by atoms with E-state index in [9.17, 15) is 0 Å². The molecule has 10 aromatic carbocycles. The van der Waals surface area contributed by atoms with Gasteiger partial charge >= 0.3 is 0 Å². The lowest BCUT2D eigenvalue weighted by molar-refractivity contribution is 1.08. The van der Waals surface area contributed by atoms with Crippen molar-refractivity contribution in [2.24, 2.45) is 0 Å². The maximum absolute atomic E-state index is 5.53. The monoisotopic (exact) mass is 760 g/mol. The molecule has 3 heterocycles. The molecular formula is C56H32N4. The molecule has 0 bridgehead atoms. The minimum atomic E-state index is 0.820. The summed E-state index contributed by atoms with van der Waals surface area (Å²) >= 11 is 0. The molecule has 0 spiro atoms. The maximum atomic E-state index is 5.53. The van der Waals surface area contributed by atoms with E-state index < -0.39 is 0 Å². The normalized spacial score (nSPS) is 12.3. The van der Waals surface area contributed by atoms with Crippen molar-refractivity contribution in [3.05, 3.63) is 194 Å². The third-order valence-electron chi connectivity index (χ3n) is 13.0. The number of rotatable bonds is 3. The van der Waals surface area contributed by atoms with Gasteiger partial charge in [0.05, 0.1) is 33.1 Å². The Kier molecular flexibility index (Phi) is 6.26. The lowest BCUT2D eigenvalue weighted by Crippen LogP contribution is -2.04. The van der Waals surface area contributed by atoms with Gasteiger partial charge in [0.15, 0.2) is 5.82 Å². The molecule has 4 heteroatoms.